The molecule has 0 fully saturated rings. The Morgan fingerprint density at radius 2 is 1.65 bits per heavy atom. The highest BCUT2D eigenvalue weighted by molar-refractivity contribution is 7.92. The van der Waals surface area contributed by atoms with Crippen LogP contribution in [0.1, 0.15) is 37.5 Å². The molecule has 1 N–H and O–H groups in total. The third kappa shape index (κ3) is 6.62. The average molecular weight is 449 g/mol. The Bertz CT molecular complexity index is 1010. The summed E-state index contributed by atoms with van der Waals surface area (Å²) < 4.78 is 37.2. The number of nitrogens with zero attached hydrogens (tertiary/aromatic N) is 1. The lowest BCUT2D eigenvalue weighted by Crippen LogP contribution is -2.47. The standard InChI is InChI=1S/C23H32N2O5S/c1-15(2)30-21-9-8-19(13-22(21)29-6)14-24-23(26)18(5)25(31(7,27)28)20-11-16(3)10-17(4)12-20/h8-13,15,18H,14H2,1-7H3,(H,24,26)/t18-/m1/s1. The van der Waals surface area contributed by atoms with Crippen LogP contribution in [0.5, 0.6) is 11.5 Å². The number of nitrogens with one attached hydrogen (secondary N) is 1. The van der Waals surface area contributed by atoms with E-state index in [2.05, 4.69) is 5.32 Å². The van der Waals surface area contributed by atoms with Gasteiger partial charge in [-0.05, 0) is 75.6 Å². The molecule has 0 saturated carbocycles. The number of aryl methyl sites for hydroxylation is 2. The van der Waals surface area contributed by atoms with Gasteiger partial charge in [0.15, 0.2) is 11.5 Å². The van der Waals surface area contributed by atoms with E-state index in [0.717, 1.165) is 27.3 Å². The zero-order valence-corrected chi connectivity index (χ0v) is 20.0. The Labute approximate surface area is 185 Å². The number of benzene rings is 2. The van der Waals surface area contributed by atoms with Crippen LogP contribution >= 0.6 is 0 Å². The zero-order chi connectivity index (χ0) is 23.3. The smallest absolute Gasteiger partial charge is 0.243 e. The van der Waals surface area contributed by atoms with Crippen molar-refractivity contribution >= 4 is 21.6 Å². The first-order valence-corrected chi connectivity index (χ1v) is 12.0. The highest BCUT2D eigenvalue weighted by Crippen LogP contribution is 2.29. The van der Waals surface area contributed by atoms with E-state index in [9.17, 15) is 13.2 Å². The number of carbonyl (C=O) groups excluding carboxylic acids is 1. The van der Waals surface area contributed by atoms with Gasteiger partial charge in [-0.15, -0.1) is 0 Å². The number of carbonyl (C=O) groups is 1. The van der Waals surface area contributed by atoms with Crippen molar-refractivity contribution in [3.8, 4) is 11.5 Å². The van der Waals surface area contributed by atoms with Gasteiger partial charge in [0.2, 0.25) is 15.9 Å². The topological polar surface area (TPSA) is 84.9 Å². The van der Waals surface area contributed by atoms with E-state index in [-0.39, 0.29) is 12.6 Å². The van der Waals surface area contributed by atoms with Crippen LogP contribution in [0.3, 0.4) is 0 Å². The quantitative estimate of drug-likeness (QED) is 0.634. The summed E-state index contributed by atoms with van der Waals surface area (Å²) in [6.45, 7) is 9.44. The Hall–Kier alpha value is -2.74. The lowest BCUT2D eigenvalue weighted by molar-refractivity contribution is -0.122. The maximum absolute atomic E-state index is 12.8. The van der Waals surface area contributed by atoms with Crippen LogP contribution in [0, 0.1) is 13.8 Å². The van der Waals surface area contributed by atoms with Gasteiger partial charge in [-0.25, -0.2) is 8.42 Å². The molecule has 0 aromatic heterocycles. The fourth-order valence-corrected chi connectivity index (χ4v) is 4.56. The van der Waals surface area contributed by atoms with Gasteiger partial charge in [0, 0.05) is 6.54 Å². The summed E-state index contributed by atoms with van der Waals surface area (Å²) in [6, 6.07) is 9.98. The lowest BCUT2D eigenvalue weighted by atomic mass is 10.1. The number of amides is 1. The molecule has 0 aliphatic carbocycles. The first-order valence-electron chi connectivity index (χ1n) is 10.1. The molecular weight excluding hydrogens is 416 g/mol. The molecule has 1 amide bonds. The first kappa shape index (κ1) is 24.5. The van der Waals surface area contributed by atoms with Crippen molar-refractivity contribution in [2.24, 2.45) is 0 Å². The van der Waals surface area contributed by atoms with Crippen molar-refractivity contribution in [2.75, 3.05) is 17.7 Å². The van der Waals surface area contributed by atoms with Gasteiger partial charge in [-0.1, -0.05) is 12.1 Å². The Morgan fingerprint density at radius 1 is 1.03 bits per heavy atom. The number of rotatable bonds is 9. The van der Waals surface area contributed by atoms with Gasteiger partial charge < -0.3 is 14.8 Å². The van der Waals surface area contributed by atoms with E-state index in [1.807, 2.05) is 39.8 Å². The number of methoxy groups -OCH3 is 1. The maximum Gasteiger partial charge on any atom is 0.243 e. The minimum atomic E-state index is -3.67. The molecule has 0 heterocycles. The van der Waals surface area contributed by atoms with Crippen LogP contribution in [0.2, 0.25) is 0 Å². The van der Waals surface area contributed by atoms with Crippen LogP contribution in [-0.2, 0) is 21.4 Å². The summed E-state index contributed by atoms with van der Waals surface area (Å²) in [5, 5.41) is 2.82. The van der Waals surface area contributed by atoms with E-state index in [4.69, 9.17) is 9.47 Å². The van der Waals surface area contributed by atoms with E-state index in [0.29, 0.717) is 17.2 Å². The summed E-state index contributed by atoms with van der Waals surface area (Å²) in [6.07, 6.45) is 1.11. The molecule has 0 bridgehead atoms. The second kappa shape index (κ2) is 10.0. The van der Waals surface area contributed by atoms with Crippen molar-refractivity contribution < 1.29 is 22.7 Å². The molecular formula is C23H32N2O5S. The van der Waals surface area contributed by atoms with Crippen LogP contribution in [0.15, 0.2) is 36.4 Å². The summed E-state index contributed by atoms with van der Waals surface area (Å²) in [5.41, 5.74) is 3.13. The molecule has 0 aliphatic heterocycles. The normalized spacial score (nSPS) is 12.4. The fourth-order valence-electron chi connectivity index (χ4n) is 3.40. The van der Waals surface area contributed by atoms with Gasteiger partial charge in [-0.2, -0.15) is 0 Å². The van der Waals surface area contributed by atoms with E-state index in [1.165, 1.54) is 0 Å². The molecule has 0 radical (unpaired) electrons. The largest absolute Gasteiger partial charge is 0.493 e. The van der Waals surface area contributed by atoms with E-state index < -0.39 is 22.0 Å². The van der Waals surface area contributed by atoms with Crippen molar-refractivity contribution in [1.82, 2.24) is 5.32 Å². The molecule has 0 spiro atoms. The highest BCUT2D eigenvalue weighted by Gasteiger charge is 2.29. The van der Waals surface area contributed by atoms with Crippen LogP contribution in [-0.4, -0.2) is 39.8 Å². The van der Waals surface area contributed by atoms with Crippen molar-refractivity contribution in [1.29, 1.82) is 0 Å². The first-order chi connectivity index (χ1) is 14.4. The summed E-state index contributed by atoms with van der Waals surface area (Å²) >= 11 is 0. The van der Waals surface area contributed by atoms with Gasteiger partial charge in [0.25, 0.3) is 0 Å². The lowest BCUT2D eigenvalue weighted by Gasteiger charge is -2.29. The summed E-state index contributed by atoms with van der Waals surface area (Å²) in [5.74, 6) is 0.798. The molecule has 0 unspecified atom stereocenters. The Morgan fingerprint density at radius 3 is 2.16 bits per heavy atom. The van der Waals surface area contributed by atoms with Gasteiger partial charge in [-0.3, -0.25) is 9.10 Å². The predicted molar refractivity (Wildman–Crippen MR) is 123 cm³/mol. The summed E-state index contributed by atoms with van der Waals surface area (Å²) in [4.78, 5) is 12.8. The highest BCUT2D eigenvalue weighted by atomic mass is 32.2. The van der Waals surface area contributed by atoms with Crippen LogP contribution < -0.4 is 19.1 Å². The average Bonchev–Trinajstić information content (AvgIpc) is 2.64. The van der Waals surface area contributed by atoms with Crippen molar-refractivity contribution in [2.45, 2.75) is 53.3 Å². The van der Waals surface area contributed by atoms with Gasteiger partial charge in [0.1, 0.15) is 6.04 Å². The molecule has 0 aliphatic rings. The monoisotopic (exact) mass is 448 g/mol. The van der Waals surface area contributed by atoms with E-state index >= 15 is 0 Å². The maximum atomic E-state index is 12.8. The third-order valence-electron chi connectivity index (χ3n) is 4.61. The molecule has 7 nitrogen and oxygen atoms in total. The van der Waals surface area contributed by atoms with Gasteiger partial charge in [0.05, 0.1) is 25.2 Å². The summed E-state index contributed by atoms with van der Waals surface area (Å²) in [7, 11) is -2.11. The predicted octanol–water partition coefficient (Wildman–Crippen LogP) is 3.57. The SMILES string of the molecule is COc1cc(CNC(=O)[C@@H](C)N(c2cc(C)cc(C)c2)S(C)(=O)=O)ccc1OC(C)C. The molecule has 2 aromatic rings. The van der Waals surface area contributed by atoms with Crippen molar-refractivity contribution in [3.05, 3.63) is 53.1 Å². The second-order valence-corrected chi connectivity index (χ2v) is 9.81. The van der Waals surface area contributed by atoms with Crippen LogP contribution in [0.25, 0.3) is 0 Å². The van der Waals surface area contributed by atoms with Gasteiger partial charge >= 0.3 is 0 Å². The minimum Gasteiger partial charge on any atom is -0.493 e. The number of hydrogen-bond acceptors (Lipinski definition) is 5. The molecule has 170 valence electrons. The molecule has 1 atom stereocenters. The van der Waals surface area contributed by atoms with Crippen LogP contribution in [0.4, 0.5) is 5.69 Å². The Kier molecular flexibility index (Phi) is 7.95. The second-order valence-electron chi connectivity index (χ2n) is 7.95. The number of hydrogen-bond donors (Lipinski definition) is 1. The third-order valence-corrected chi connectivity index (χ3v) is 5.85. The molecule has 2 aromatic carbocycles. The molecule has 31 heavy (non-hydrogen) atoms. The fraction of sp³-hybridized carbons (Fsp3) is 0.435. The number of anilines is 1. The molecule has 2 rings (SSSR count). The molecule has 0 saturated heterocycles. The van der Waals surface area contributed by atoms with Crippen molar-refractivity contribution in [3.63, 3.8) is 0 Å². The number of ether oxygens (including phenoxy) is 2. The zero-order valence-electron chi connectivity index (χ0n) is 19.2. The molecule has 8 heteroatoms. The number of sulfonamides is 1. The Balaban J connectivity index is 2.19. The minimum absolute atomic E-state index is 0.00698. The van der Waals surface area contributed by atoms with E-state index in [1.54, 1.807) is 38.3 Å².